The summed E-state index contributed by atoms with van der Waals surface area (Å²) >= 11 is 0. The maximum Gasteiger partial charge on any atom is 0.340 e. The number of Topliss-reactive ketones (excluding diaryl/α,β-unsaturated/α-hetero) is 1. The first kappa shape index (κ1) is 21.4. The highest BCUT2D eigenvalue weighted by Gasteiger charge is 2.21. The number of para-hydroxylation sites is 2. The summed E-state index contributed by atoms with van der Waals surface area (Å²) in [4.78, 5) is 25.7. The van der Waals surface area contributed by atoms with Gasteiger partial charge in [-0.3, -0.25) is 4.79 Å². The van der Waals surface area contributed by atoms with Crippen LogP contribution in [-0.4, -0.2) is 27.5 Å². The number of hydrogen-bond donors (Lipinski definition) is 0. The summed E-state index contributed by atoms with van der Waals surface area (Å²) in [7, 11) is 0. The fourth-order valence-electron chi connectivity index (χ4n) is 4.25. The van der Waals surface area contributed by atoms with Gasteiger partial charge in [0.25, 0.3) is 0 Å². The zero-order valence-electron chi connectivity index (χ0n) is 18.8. The Balaban J connectivity index is 1.52. The fraction of sp³-hybridized carbons (Fsp3) is 0.185. The van der Waals surface area contributed by atoms with Gasteiger partial charge in [0.05, 0.1) is 5.56 Å². The van der Waals surface area contributed by atoms with Gasteiger partial charge >= 0.3 is 5.97 Å². The number of benzene rings is 2. The minimum atomic E-state index is -0.495. The number of rotatable bonds is 6. The van der Waals surface area contributed by atoms with Crippen LogP contribution in [0.1, 0.15) is 43.5 Å². The van der Waals surface area contributed by atoms with Gasteiger partial charge in [-0.25, -0.2) is 4.79 Å². The van der Waals surface area contributed by atoms with Crippen LogP contribution in [-0.2, 0) is 4.74 Å². The van der Waals surface area contributed by atoms with Gasteiger partial charge in [0.1, 0.15) is 0 Å². The van der Waals surface area contributed by atoms with Gasteiger partial charge in [-0.1, -0.05) is 36.4 Å². The summed E-state index contributed by atoms with van der Waals surface area (Å²) < 4.78 is 9.46. The third-order valence-corrected chi connectivity index (χ3v) is 5.75. The smallest absolute Gasteiger partial charge is 0.340 e. The van der Waals surface area contributed by atoms with E-state index in [-0.39, 0.29) is 12.4 Å². The molecule has 0 bridgehead atoms. The predicted molar refractivity (Wildman–Crippen MR) is 125 cm³/mol. The van der Waals surface area contributed by atoms with Crippen molar-refractivity contribution in [1.82, 2.24) is 9.13 Å². The Morgan fingerprint density at radius 2 is 1.12 bits per heavy atom. The van der Waals surface area contributed by atoms with E-state index < -0.39 is 5.97 Å². The molecule has 0 saturated carbocycles. The van der Waals surface area contributed by atoms with Gasteiger partial charge in [0.15, 0.2) is 6.61 Å². The van der Waals surface area contributed by atoms with Crippen molar-refractivity contribution in [2.75, 3.05) is 6.61 Å². The molecule has 4 rings (SSSR count). The molecule has 0 aliphatic carbocycles. The molecule has 0 aliphatic heterocycles. The molecule has 5 heteroatoms. The first-order chi connectivity index (χ1) is 15.4. The second-order valence-electron chi connectivity index (χ2n) is 7.91. The molecule has 2 heterocycles. The van der Waals surface area contributed by atoms with E-state index in [9.17, 15) is 9.59 Å². The molecule has 0 atom stereocenters. The lowest BCUT2D eigenvalue weighted by Crippen LogP contribution is -2.15. The lowest BCUT2D eigenvalue weighted by atomic mass is 10.1. The summed E-state index contributed by atoms with van der Waals surface area (Å²) in [5, 5.41) is 0. The first-order valence-corrected chi connectivity index (χ1v) is 10.6. The average Bonchev–Trinajstić information content (AvgIpc) is 3.27. The van der Waals surface area contributed by atoms with E-state index in [1.54, 1.807) is 6.07 Å². The number of carbonyl (C=O) groups excluding carboxylic acids is 2. The van der Waals surface area contributed by atoms with Crippen molar-refractivity contribution < 1.29 is 14.3 Å². The maximum absolute atomic E-state index is 12.9. The van der Waals surface area contributed by atoms with Crippen LogP contribution in [0, 0.1) is 27.7 Å². The molecule has 2 aromatic carbocycles. The van der Waals surface area contributed by atoms with Crippen molar-refractivity contribution in [1.29, 1.82) is 0 Å². The molecule has 0 radical (unpaired) electrons. The molecule has 162 valence electrons. The molecule has 32 heavy (non-hydrogen) atoms. The Morgan fingerprint density at radius 1 is 0.688 bits per heavy atom. The lowest BCUT2D eigenvalue weighted by Gasteiger charge is -2.10. The zero-order valence-corrected chi connectivity index (χ0v) is 18.8. The molecule has 0 fully saturated rings. The highest BCUT2D eigenvalue weighted by molar-refractivity contribution is 6.01. The van der Waals surface area contributed by atoms with E-state index in [4.69, 9.17) is 4.74 Å². The van der Waals surface area contributed by atoms with Crippen LogP contribution in [0.2, 0.25) is 0 Å². The highest BCUT2D eigenvalue weighted by Crippen LogP contribution is 2.23. The van der Waals surface area contributed by atoms with Crippen molar-refractivity contribution in [2.45, 2.75) is 27.7 Å². The van der Waals surface area contributed by atoms with Crippen molar-refractivity contribution in [3.05, 3.63) is 107 Å². The number of hydrogen-bond acceptors (Lipinski definition) is 3. The van der Waals surface area contributed by atoms with Crippen molar-refractivity contribution in [3.63, 3.8) is 0 Å². The van der Waals surface area contributed by atoms with E-state index in [0.717, 1.165) is 34.2 Å². The van der Waals surface area contributed by atoms with E-state index in [1.165, 1.54) is 0 Å². The quantitative estimate of drug-likeness (QED) is 0.300. The molecule has 4 aromatic rings. The zero-order chi connectivity index (χ0) is 22.8. The molecule has 0 amide bonds. The number of aromatic nitrogens is 2. The largest absolute Gasteiger partial charge is 0.454 e. The minimum Gasteiger partial charge on any atom is -0.454 e. The summed E-state index contributed by atoms with van der Waals surface area (Å²) in [6.45, 7) is 7.39. The predicted octanol–water partition coefficient (Wildman–Crippen LogP) is 5.54. The third-order valence-electron chi connectivity index (χ3n) is 5.75. The van der Waals surface area contributed by atoms with Gasteiger partial charge in [0.2, 0.25) is 5.78 Å². The van der Waals surface area contributed by atoms with Crippen LogP contribution in [0.3, 0.4) is 0 Å². The van der Waals surface area contributed by atoms with Crippen molar-refractivity contribution in [3.8, 4) is 11.4 Å². The summed E-state index contributed by atoms with van der Waals surface area (Å²) in [5.41, 5.74) is 6.50. The second kappa shape index (κ2) is 8.71. The number of nitrogens with zero attached hydrogens (tertiary/aromatic N) is 2. The van der Waals surface area contributed by atoms with Crippen LogP contribution < -0.4 is 0 Å². The van der Waals surface area contributed by atoms with Crippen LogP contribution in [0.25, 0.3) is 11.4 Å². The molecule has 2 aromatic heterocycles. The Hall–Kier alpha value is -3.86. The van der Waals surface area contributed by atoms with Gasteiger partial charge in [-0.2, -0.15) is 0 Å². The Morgan fingerprint density at radius 3 is 1.62 bits per heavy atom. The summed E-state index contributed by atoms with van der Waals surface area (Å²) in [5.74, 6) is -0.712. The van der Waals surface area contributed by atoms with Crippen molar-refractivity contribution in [2.24, 2.45) is 0 Å². The number of ether oxygens (including phenoxy) is 1. The third kappa shape index (κ3) is 3.89. The van der Waals surface area contributed by atoms with Crippen LogP contribution in [0.4, 0.5) is 0 Å². The van der Waals surface area contributed by atoms with E-state index >= 15 is 0 Å². The summed E-state index contributed by atoms with van der Waals surface area (Å²) in [6, 6.07) is 23.4. The fourth-order valence-corrected chi connectivity index (χ4v) is 4.25. The van der Waals surface area contributed by atoms with Crippen LogP contribution in [0.5, 0.6) is 0 Å². The van der Waals surface area contributed by atoms with Crippen LogP contribution in [0.15, 0.2) is 72.8 Å². The van der Waals surface area contributed by atoms with Crippen LogP contribution >= 0.6 is 0 Å². The number of carbonyl (C=O) groups is 2. The SMILES string of the molecule is Cc1cc(C(=O)COC(=O)c2cc(C)n(-c3ccccc3)c2C)c(C)n1-c1ccccc1. The summed E-state index contributed by atoms with van der Waals surface area (Å²) in [6.07, 6.45) is 0. The Bertz CT molecular complexity index is 1180. The standard InChI is InChI=1S/C27H26N2O3/c1-18-15-24(20(3)28(18)22-11-7-5-8-12-22)26(30)17-32-27(31)25-16-19(2)29(21(25)4)23-13-9-6-10-14-23/h5-16H,17H2,1-4H3. The molecule has 0 unspecified atom stereocenters. The minimum absolute atomic E-state index is 0.217. The van der Waals surface area contributed by atoms with E-state index in [1.807, 2.05) is 104 Å². The average molecular weight is 427 g/mol. The van der Waals surface area contributed by atoms with Gasteiger partial charge in [-0.15, -0.1) is 0 Å². The van der Waals surface area contributed by atoms with Gasteiger partial charge in [0, 0.05) is 39.7 Å². The first-order valence-electron chi connectivity index (χ1n) is 10.6. The molecule has 0 N–H and O–H groups in total. The molecular weight excluding hydrogens is 400 g/mol. The van der Waals surface area contributed by atoms with E-state index in [0.29, 0.717) is 11.1 Å². The molecule has 0 saturated heterocycles. The number of ketones is 1. The number of esters is 1. The van der Waals surface area contributed by atoms with Gasteiger partial charge < -0.3 is 13.9 Å². The topological polar surface area (TPSA) is 53.2 Å². The molecular formula is C27H26N2O3. The van der Waals surface area contributed by atoms with Crippen molar-refractivity contribution >= 4 is 11.8 Å². The monoisotopic (exact) mass is 426 g/mol. The lowest BCUT2D eigenvalue weighted by molar-refractivity contribution is 0.0474. The van der Waals surface area contributed by atoms with E-state index in [2.05, 4.69) is 0 Å². The molecule has 0 aliphatic rings. The Labute approximate surface area is 187 Å². The second-order valence-corrected chi connectivity index (χ2v) is 7.91. The number of aryl methyl sites for hydroxylation is 2. The highest BCUT2D eigenvalue weighted by atomic mass is 16.5. The Kier molecular flexibility index (Phi) is 5.82. The normalized spacial score (nSPS) is 10.9. The molecule has 0 spiro atoms. The maximum atomic E-state index is 12.9. The molecule has 5 nitrogen and oxygen atoms in total. The van der Waals surface area contributed by atoms with Gasteiger partial charge in [-0.05, 0) is 64.1 Å².